The summed E-state index contributed by atoms with van der Waals surface area (Å²) in [6.45, 7) is 4.69. The molecule has 0 aliphatic carbocycles. The second kappa shape index (κ2) is 7.34. The van der Waals surface area contributed by atoms with Gasteiger partial charge in [-0.1, -0.05) is 29.8 Å². The Morgan fingerprint density at radius 3 is 2.71 bits per heavy atom. The molecule has 2 amide bonds. The first-order valence-corrected chi connectivity index (χ1v) is 8.75. The molecule has 0 radical (unpaired) electrons. The molecule has 130 valence electrons. The largest absolute Gasteiger partial charge is 0.383 e. The Bertz CT molecular complexity index is 610. The van der Waals surface area contributed by atoms with Gasteiger partial charge in [0.25, 0.3) is 0 Å². The van der Waals surface area contributed by atoms with Gasteiger partial charge in [0.15, 0.2) is 0 Å². The predicted molar refractivity (Wildman–Crippen MR) is 91.4 cm³/mol. The summed E-state index contributed by atoms with van der Waals surface area (Å²) in [6.07, 6.45) is 2.43. The van der Waals surface area contributed by atoms with Crippen molar-refractivity contribution in [3.8, 4) is 0 Å². The molecule has 5 heteroatoms. The van der Waals surface area contributed by atoms with E-state index >= 15 is 0 Å². The van der Waals surface area contributed by atoms with E-state index in [0.29, 0.717) is 19.6 Å². The van der Waals surface area contributed by atoms with Gasteiger partial charge in [0, 0.05) is 33.2 Å². The third kappa shape index (κ3) is 3.31. The normalized spacial score (nSPS) is 24.0. The highest BCUT2D eigenvalue weighted by atomic mass is 16.5. The standard InChI is InChI=1S/C19H26N2O3/c1-14-6-5-7-15(12-14)18-16(19(23)20-8-3-4-9-20)13-17(22)21(18)10-11-24-2/h5-7,12,16,18H,3-4,8-11,13H2,1-2H3/t16-,18+/m1/s1. The molecular weight excluding hydrogens is 304 g/mol. The maximum Gasteiger partial charge on any atom is 0.228 e. The number of nitrogens with zero attached hydrogens (tertiary/aromatic N) is 2. The number of carbonyl (C=O) groups is 2. The van der Waals surface area contributed by atoms with Crippen molar-refractivity contribution in [3.05, 3.63) is 35.4 Å². The SMILES string of the molecule is COCCN1C(=O)C[C@@H](C(=O)N2CCCC2)[C@@H]1c1cccc(C)c1. The van der Waals surface area contributed by atoms with Gasteiger partial charge in [0.1, 0.15) is 0 Å². The van der Waals surface area contributed by atoms with E-state index in [0.717, 1.165) is 37.1 Å². The summed E-state index contributed by atoms with van der Waals surface area (Å²) in [4.78, 5) is 29.3. The van der Waals surface area contributed by atoms with Crippen LogP contribution in [0.2, 0.25) is 0 Å². The monoisotopic (exact) mass is 330 g/mol. The van der Waals surface area contributed by atoms with Gasteiger partial charge in [-0.05, 0) is 25.3 Å². The lowest BCUT2D eigenvalue weighted by atomic mass is 9.91. The second-order valence-corrected chi connectivity index (χ2v) is 6.78. The topological polar surface area (TPSA) is 49.9 Å². The van der Waals surface area contributed by atoms with E-state index in [-0.39, 0.29) is 23.8 Å². The van der Waals surface area contributed by atoms with Crippen molar-refractivity contribution in [2.24, 2.45) is 5.92 Å². The van der Waals surface area contributed by atoms with Crippen LogP contribution in [0.5, 0.6) is 0 Å². The fraction of sp³-hybridized carbons (Fsp3) is 0.579. The molecule has 3 rings (SSSR count). The molecule has 0 N–H and O–H groups in total. The third-order valence-electron chi connectivity index (χ3n) is 5.09. The van der Waals surface area contributed by atoms with Crippen LogP contribution in [-0.2, 0) is 14.3 Å². The van der Waals surface area contributed by atoms with Crippen LogP contribution < -0.4 is 0 Å². The number of rotatable bonds is 5. The minimum absolute atomic E-state index is 0.0519. The van der Waals surface area contributed by atoms with Crippen molar-refractivity contribution in [3.63, 3.8) is 0 Å². The average Bonchev–Trinajstić information content (AvgIpc) is 3.20. The molecule has 0 aromatic heterocycles. The van der Waals surface area contributed by atoms with Crippen molar-refractivity contribution in [2.75, 3.05) is 33.4 Å². The number of aryl methyl sites for hydroxylation is 1. The summed E-state index contributed by atoms with van der Waals surface area (Å²) in [5.74, 6) is -0.0994. The van der Waals surface area contributed by atoms with Gasteiger partial charge >= 0.3 is 0 Å². The molecule has 2 aliphatic rings. The van der Waals surface area contributed by atoms with Crippen molar-refractivity contribution in [1.29, 1.82) is 0 Å². The van der Waals surface area contributed by atoms with Crippen LogP contribution in [0.15, 0.2) is 24.3 Å². The number of amides is 2. The molecule has 2 atom stereocenters. The summed E-state index contributed by atoms with van der Waals surface area (Å²) in [5.41, 5.74) is 2.19. The van der Waals surface area contributed by atoms with Gasteiger partial charge in [-0.2, -0.15) is 0 Å². The van der Waals surface area contributed by atoms with Gasteiger partial charge in [0.05, 0.1) is 18.6 Å². The molecule has 2 saturated heterocycles. The lowest BCUT2D eigenvalue weighted by Gasteiger charge is -2.30. The lowest BCUT2D eigenvalue weighted by Crippen LogP contribution is -2.38. The van der Waals surface area contributed by atoms with E-state index in [1.54, 1.807) is 7.11 Å². The van der Waals surface area contributed by atoms with Gasteiger partial charge < -0.3 is 14.5 Å². The number of methoxy groups -OCH3 is 1. The molecule has 0 saturated carbocycles. The lowest BCUT2D eigenvalue weighted by molar-refractivity contribution is -0.135. The molecular formula is C19H26N2O3. The van der Waals surface area contributed by atoms with Crippen LogP contribution in [-0.4, -0.2) is 55.0 Å². The first-order chi connectivity index (χ1) is 11.6. The number of carbonyl (C=O) groups excluding carboxylic acids is 2. The molecule has 5 nitrogen and oxygen atoms in total. The molecule has 0 spiro atoms. The quantitative estimate of drug-likeness (QED) is 0.831. The molecule has 2 heterocycles. The van der Waals surface area contributed by atoms with Crippen LogP contribution >= 0.6 is 0 Å². The van der Waals surface area contributed by atoms with E-state index in [1.165, 1.54) is 0 Å². The number of ether oxygens (including phenoxy) is 1. The first-order valence-electron chi connectivity index (χ1n) is 8.75. The summed E-state index contributed by atoms with van der Waals surface area (Å²) in [6, 6.07) is 7.98. The van der Waals surface area contributed by atoms with Crippen LogP contribution in [0, 0.1) is 12.8 Å². The van der Waals surface area contributed by atoms with E-state index in [9.17, 15) is 9.59 Å². The number of hydrogen-bond acceptors (Lipinski definition) is 3. The zero-order chi connectivity index (χ0) is 17.1. The Morgan fingerprint density at radius 2 is 2.04 bits per heavy atom. The van der Waals surface area contributed by atoms with Crippen LogP contribution in [0.4, 0.5) is 0 Å². The Balaban J connectivity index is 1.90. The Labute approximate surface area is 143 Å². The van der Waals surface area contributed by atoms with Crippen molar-refractivity contribution in [1.82, 2.24) is 9.80 Å². The third-order valence-corrected chi connectivity index (χ3v) is 5.09. The maximum atomic E-state index is 13.0. The molecule has 0 unspecified atom stereocenters. The second-order valence-electron chi connectivity index (χ2n) is 6.78. The van der Waals surface area contributed by atoms with Crippen molar-refractivity contribution >= 4 is 11.8 Å². The Kier molecular flexibility index (Phi) is 5.19. The molecule has 2 aliphatic heterocycles. The van der Waals surface area contributed by atoms with Crippen molar-refractivity contribution < 1.29 is 14.3 Å². The summed E-state index contributed by atoms with van der Waals surface area (Å²) >= 11 is 0. The van der Waals surface area contributed by atoms with E-state index in [2.05, 4.69) is 6.07 Å². The zero-order valence-electron chi connectivity index (χ0n) is 14.5. The van der Waals surface area contributed by atoms with E-state index in [4.69, 9.17) is 4.74 Å². The van der Waals surface area contributed by atoms with Gasteiger partial charge in [-0.25, -0.2) is 0 Å². The van der Waals surface area contributed by atoms with E-state index < -0.39 is 0 Å². The minimum Gasteiger partial charge on any atom is -0.383 e. The highest BCUT2D eigenvalue weighted by Crippen LogP contribution is 2.39. The minimum atomic E-state index is -0.283. The van der Waals surface area contributed by atoms with E-state index in [1.807, 2.05) is 34.9 Å². The average molecular weight is 330 g/mol. The molecule has 24 heavy (non-hydrogen) atoms. The van der Waals surface area contributed by atoms with Gasteiger partial charge in [0.2, 0.25) is 11.8 Å². The van der Waals surface area contributed by atoms with Crippen LogP contribution in [0.1, 0.15) is 36.4 Å². The number of benzene rings is 1. The summed E-state index contributed by atoms with van der Waals surface area (Å²) in [5, 5.41) is 0. The summed E-state index contributed by atoms with van der Waals surface area (Å²) in [7, 11) is 1.63. The number of hydrogen-bond donors (Lipinski definition) is 0. The predicted octanol–water partition coefficient (Wildman–Crippen LogP) is 2.15. The fourth-order valence-corrected chi connectivity index (χ4v) is 3.90. The van der Waals surface area contributed by atoms with Crippen LogP contribution in [0.3, 0.4) is 0 Å². The number of likely N-dealkylation sites (tertiary alicyclic amines) is 2. The van der Waals surface area contributed by atoms with Crippen LogP contribution in [0.25, 0.3) is 0 Å². The smallest absolute Gasteiger partial charge is 0.228 e. The molecule has 0 bridgehead atoms. The Hall–Kier alpha value is -1.88. The fourth-order valence-electron chi connectivity index (χ4n) is 3.90. The molecule has 2 fully saturated rings. The summed E-state index contributed by atoms with van der Waals surface area (Å²) < 4.78 is 5.17. The molecule has 1 aromatic carbocycles. The highest BCUT2D eigenvalue weighted by molar-refractivity contribution is 5.90. The van der Waals surface area contributed by atoms with Gasteiger partial charge in [-0.15, -0.1) is 0 Å². The van der Waals surface area contributed by atoms with Crippen molar-refractivity contribution in [2.45, 2.75) is 32.2 Å². The Morgan fingerprint density at radius 1 is 1.29 bits per heavy atom. The zero-order valence-corrected chi connectivity index (χ0v) is 14.5. The maximum absolute atomic E-state index is 13.0. The molecule has 1 aromatic rings. The van der Waals surface area contributed by atoms with Gasteiger partial charge in [-0.3, -0.25) is 9.59 Å². The highest BCUT2D eigenvalue weighted by Gasteiger charge is 2.45. The first kappa shape index (κ1) is 17.0.